The van der Waals surface area contributed by atoms with Gasteiger partial charge in [0.05, 0.1) is 0 Å². The number of unbranched alkanes of at least 4 members (excludes halogenated alkanes) is 1. The van der Waals surface area contributed by atoms with Crippen molar-refractivity contribution in [2.75, 3.05) is 0 Å². The Kier molecular flexibility index (Phi) is 7.66. The average Bonchev–Trinajstić information content (AvgIpc) is 1.87. The van der Waals surface area contributed by atoms with Gasteiger partial charge in [0.15, 0.2) is 0 Å². The van der Waals surface area contributed by atoms with Gasteiger partial charge in [-0.3, -0.25) is 0 Å². The smallest absolute Gasteiger partial charge is 0.105 e. The number of hydrogen-bond donors (Lipinski definition) is 0. The summed E-state index contributed by atoms with van der Waals surface area (Å²) in [5.74, 6) is 0. The van der Waals surface area contributed by atoms with Crippen molar-refractivity contribution in [3.63, 3.8) is 0 Å². The van der Waals surface area contributed by atoms with E-state index < -0.39 is 0 Å². The van der Waals surface area contributed by atoms with Crippen LogP contribution in [0.5, 0.6) is 0 Å². The Balaban J connectivity index is 3.02. The third kappa shape index (κ3) is 8.32. The number of allylic oxidation sites excluding steroid dienone is 2. The maximum Gasteiger partial charge on any atom is 0.108 e. The van der Waals surface area contributed by atoms with Crippen LogP contribution in [-0.2, 0) is 0 Å². The zero-order valence-electron chi connectivity index (χ0n) is 6.32. The second kappa shape index (κ2) is 7.43. The second-order valence-corrected chi connectivity index (χ2v) is 3.51. The zero-order valence-corrected chi connectivity index (χ0v) is 7.83. The summed E-state index contributed by atoms with van der Waals surface area (Å²) >= 11 is 11.0. The molecule has 0 aliphatic heterocycles. The highest BCUT2D eigenvalue weighted by atomic mass is 35.5. The quantitative estimate of drug-likeness (QED) is 0.445. The molecule has 0 aliphatic carbocycles. The molecule has 0 unspecified atom stereocenters. The number of hydrogen-bond acceptors (Lipinski definition) is 0. The maximum absolute atomic E-state index is 5.52. The molecule has 0 aromatic heterocycles. The summed E-state index contributed by atoms with van der Waals surface area (Å²) < 4.78 is 0. The lowest BCUT2D eigenvalue weighted by atomic mass is 10.2. The highest BCUT2D eigenvalue weighted by Gasteiger charge is 1.93. The van der Waals surface area contributed by atoms with Crippen molar-refractivity contribution in [3.05, 3.63) is 12.2 Å². The molecule has 0 atom stereocenters. The van der Waals surface area contributed by atoms with Crippen LogP contribution < -0.4 is 0 Å². The topological polar surface area (TPSA) is 0 Å². The molecule has 0 bridgehead atoms. The monoisotopic (exact) mass is 180 g/mol. The first kappa shape index (κ1) is 10.3. The summed E-state index contributed by atoms with van der Waals surface area (Å²) in [6, 6.07) is 0. The molecule has 0 aromatic carbocycles. The van der Waals surface area contributed by atoms with Gasteiger partial charge in [0.2, 0.25) is 0 Å². The van der Waals surface area contributed by atoms with Gasteiger partial charge in [0.1, 0.15) is 4.84 Å². The maximum atomic E-state index is 5.52. The van der Waals surface area contributed by atoms with Gasteiger partial charge in [0.25, 0.3) is 0 Å². The van der Waals surface area contributed by atoms with Gasteiger partial charge in [-0.25, -0.2) is 0 Å². The van der Waals surface area contributed by atoms with Crippen molar-refractivity contribution in [2.45, 2.75) is 37.4 Å². The van der Waals surface area contributed by atoms with Crippen LogP contribution in [-0.4, -0.2) is 4.84 Å². The molecule has 0 N–H and O–H groups in total. The van der Waals surface area contributed by atoms with Crippen molar-refractivity contribution in [3.8, 4) is 0 Å². The predicted octanol–water partition coefficient (Wildman–Crippen LogP) is 3.93. The fourth-order valence-corrected chi connectivity index (χ4v) is 0.877. The van der Waals surface area contributed by atoms with Gasteiger partial charge in [-0.15, -0.1) is 23.2 Å². The second-order valence-electron chi connectivity index (χ2n) is 2.23. The van der Waals surface area contributed by atoms with Gasteiger partial charge in [0, 0.05) is 0 Å². The Morgan fingerprint density at radius 2 is 1.80 bits per heavy atom. The summed E-state index contributed by atoms with van der Waals surface area (Å²) in [6.45, 7) is 2.16. The minimum Gasteiger partial charge on any atom is -0.105 e. The standard InChI is InChI=1S/C8H14Cl2/c1-2-3-4-5-6-7-8(9)10/h4-5,8H,2-3,6-7H2,1H3. The van der Waals surface area contributed by atoms with Crippen LogP contribution in [0.3, 0.4) is 0 Å². The van der Waals surface area contributed by atoms with Gasteiger partial charge < -0.3 is 0 Å². The minimum absolute atomic E-state index is 0.203. The predicted molar refractivity (Wildman–Crippen MR) is 48.8 cm³/mol. The molecule has 2 heteroatoms. The third-order valence-corrected chi connectivity index (χ3v) is 1.61. The summed E-state index contributed by atoms with van der Waals surface area (Å²) in [5.41, 5.74) is 0. The molecule has 0 nitrogen and oxygen atoms in total. The summed E-state index contributed by atoms with van der Waals surface area (Å²) in [6.07, 6.45) is 8.55. The number of alkyl halides is 2. The molecule has 0 spiro atoms. The third-order valence-electron chi connectivity index (χ3n) is 1.17. The molecule has 0 aliphatic rings. The zero-order chi connectivity index (χ0) is 7.82. The van der Waals surface area contributed by atoms with Crippen LogP contribution in [0.25, 0.3) is 0 Å². The highest BCUT2D eigenvalue weighted by Crippen LogP contribution is 2.09. The molecule has 0 heterocycles. The molecule has 0 rings (SSSR count). The Hall–Kier alpha value is 0.320. The first-order valence-corrected chi connectivity index (χ1v) is 4.57. The van der Waals surface area contributed by atoms with Crippen LogP contribution in [0.2, 0.25) is 0 Å². The molecule has 0 aromatic rings. The summed E-state index contributed by atoms with van der Waals surface area (Å²) in [7, 11) is 0. The van der Waals surface area contributed by atoms with E-state index in [2.05, 4.69) is 19.1 Å². The van der Waals surface area contributed by atoms with E-state index in [4.69, 9.17) is 23.2 Å². The molecule has 0 amide bonds. The van der Waals surface area contributed by atoms with Crippen LogP contribution in [0.1, 0.15) is 32.6 Å². The molecular weight excluding hydrogens is 167 g/mol. The van der Waals surface area contributed by atoms with Crippen molar-refractivity contribution in [1.82, 2.24) is 0 Å². The van der Waals surface area contributed by atoms with Crippen LogP contribution in [0.4, 0.5) is 0 Å². The van der Waals surface area contributed by atoms with Crippen molar-refractivity contribution in [1.29, 1.82) is 0 Å². The summed E-state index contributed by atoms with van der Waals surface area (Å²) in [4.78, 5) is -0.203. The average molecular weight is 181 g/mol. The highest BCUT2D eigenvalue weighted by molar-refractivity contribution is 6.44. The van der Waals surface area contributed by atoms with E-state index in [9.17, 15) is 0 Å². The first-order valence-electron chi connectivity index (χ1n) is 3.70. The normalized spacial score (nSPS) is 11.6. The lowest BCUT2D eigenvalue weighted by molar-refractivity contribution is 0.903. The minimum atomic E-state index is -0.203. The van der Waals surface area contributed by atoms with E-state index in [0.717, 1.165) is 19.3 Å². The van der Waals surface area contributed by atoms with E-state index in [1.807, 2.05) is 0 Å². The van der Waals surface area contributed by atoms with Gasteiger partial charge in [-0.05, 0) is 19.3 Å². The Labute approximate surface area is 73.2 Å². The fourth-order valence-electron chi connectivity index (χ4n) is 0.625. The molecule has 60 valence electrons. The van der Waals surface area contributed by atoms with Crippen LogP contribution in [0.15, 0.2) is 12.2 Å². The molecule has 0 saturated carbocycles. The van der Waals surface area contributed by atoms with Crippen molar-refractivity contribution in [2.24, 2.45) is 0 Å². The number of halogens is 2. The fraction of sp³-hybridized carbons (Fsp3) is 0.750. The van der Waals surface area contributed by atoms with Crippen LogP contribution in [0, 0.1) is 0 Å². The SMILES string of the molecule is CCCC=CCCC(Cl)Cl. The van der Waals surface area contributed by atoms with E-state index in [-0.39, 0.29) is 4.84 Å². The van der Waals surface area contributed by atoms with E-state index in [1.165, 1.54) is 6.42 Å². The van der Waals surface area contributed by atoms with Crippen molar-refractivity contribution >= 4 is 23.2 Å². The first-order chi connectivity index (χ1) is 4.77. The largest absolute Gasteiger partial charge is 0.108 e. The van der Waals surface area contributed by atoms with Crippen LogP contribution >= 0.6 is 23.2 Å². The van der Waals surface area contributed by atoms with Crippen molar-refractivity contribution < 1.29 is 0 Å². The number of rotatable bonds is 5. The Bertz CT molecular complexity index is 87.3. The van der Waals surface area contributed by atoms with E-state index in [1.54, 1.807) is 0 Å². The van der Waals surface area contributed by atoms with E-state index >= 15 is 0 Å². The van der Waals surface area contributed by atoms with Gasteiger partial charge >= 0.3 is 0 Å². The van der Waals surface area contributed by atoms with Gasteiger partial charge in [-0.1, -0.05) is 25.5 Å². The molecule has 0 radical (unpaired) electrons. The molecule has 0 saturated heterocycles. The lowest BCUT2D eigenvalue weighted by Crippen LogP contribution is -1.82. The molecule has 0 fully saturated rings. The Morgan fingerprint density at radius 3 is 2.30 bits per heavy atom. The molecule has 10 heavy (non-hydrogen) atoms. The summed E-state index contributed by atoms with van der Waals surface area (Å²) in [5, 5.41) is 0. The van der Waals surface area contributed by atoms with E-state index in [0.29, 0.717) is 0 Å². The Morgan fingerprint density at radius 1 is 1.20 bits per heavy atom. The van der Waals surface area contributed by atoms with Gasteiger partial charge in [-0.2, -0.15) is 0 Å². The molecular formula is C8H14Cl2. The lowest BCUT2D eigenvalue weighted by Gasteiger charge is -1.93.